The summed E-state index contributed by atoms with van der Waals surface area (Å²) < 4.78 is 6.81. The molecule has 0 aliphatic carbocycles. The Kier molecular flexibility index (Phi) is 5.86. The summed E-state index contributed by atoms with van der Waals surface area (Å²) in [7, 11) is 0. The van der Waals surface area contributed by atoms with Crippen LogP contribution < -0.4 is 15.4 Å². The predicted octanol–water partition coefficient (Wildman–Crippen LogP) is 3.89. The largest absolute Gasteiger partial charge is 0.489 e. The molecular formula is C19H20BrN3O. The van der Waals surface area contributed by atoms with Crippen LogP contribution in [0.1, 0.15) is 11.1 Å². The fourth-order valence-electron chi connectivity index (χ4n) is 2.54. The number of rotatable bonds is 7. The van der Waals surface area contributed by atoms with Crippen molar-refractivity contribution in [3.8, 4) is 5.75 Å². The first-order valence-electron chi connectivity index (χ1n) is 8.03. The molecule has 0 atom stereocenters. The first-order valence-corrected chi connectivity index (χ1v) is 8.83. The van der Waals surface area contributed by atoms with Gasteiger partial charge in [0.05, 0.1) is 6.57 Å². The number of nitrogens with one attached hydrogen (secondary N) is 2. The monoisotopic (exact) mass is 385 g/mol. The zero-order chi connectivity index (χ0) is 16.8. The van der Waals surface area contributed by atoms with Gasteiger partial charge >= 0.3 is 0 Å². The highest BCUT2D eigenvalue weighted by Crippen LogP contribution is 2.25. The maximum Gasteiger partial charge on any atom is 0.188 e. The molecule has 2 aromatic carbocycles. The Morgan fingerprint density at radius 1 is 1.25 bits per heavy atom. The minimum atomic E-state index is 0.476. The van der Waals surface area contributed by atoms with Crippen LogP contribution in [0.4, 0.5) is 5.69 Å². The van der Waals surface area contributed by atoms with E-state index in [0.29, 0.717) is 12.3 Å². The van der Waals surface area contributed by atoms with E-state index in [1.807, 2.05) is 30.3 Å². The second kappa shape index (κ2) is 8.29. The Hall–Kier alpha value is -1.87. The van der Waals surface area contributed by atoms with Crippen molar-refractivity contribution in [3.05, 3.63) is 69.5 Å². The molecule has 4 nitrogen and oxygen atoms in total. The minimum absolute atomic E-state index is 0.476. The van der Waals surface area contributed by atoms with Gasteiger partial charge in [0.2, 0.25) is 0 Å². The van der Waals surface area contributed by atoms with Gasteiger partial charge in [-0.25, -0.2) is 4.85 Å². The van der Waals surface area contributed by atoms with Gasteiger partial charge in [-0.2, -0.15) is 0 Å². The Labute approximate surface area is 151 Å². The van der Waals surface area contributed by atoms with Gasteiger partial charge in [0, 0.05) is 36.2 Å². The molecule has 1 saturated heterocycles. The van der Waals surface area contributed by atoms with Crippen LogP contribution in [0.3, 0.4) is 0 Å². The average molecular weight is 386 g/mol. The fourth-order valence-corrected chi connectivity index (χ4v) is 3.02. The third-order valence-electron chi connectivity index (χ3n) is 4.09. The van der Waals surface area contributed by atoms with E-state index in [2.05, 4.69) is 43.5 Å². The van der Waals surface area contributed by atoms with E-state index in [1.54, 1.807) is 0 Å². The van der Waals surface area contributed by atoms with Crippen LogP contribution in [0, 0.1) is 12.5 Å². The Morgan fingerprint density at radius 2 is 2.12 bits per heavy atom. The summed E-state index contributed by atoms with van der Waals surface area (Å²) in [4.78, 5) is 3.42. The topological polar surface area (TPSA) is 37.6 Å². The molecule has 1 aliphatic heterocycles. The molecule has 5 heteroatoms. The molecular weight excluding hydrogens is 366 g/mol. The van der Waals surface area contributed by atoms with E-state index >= 15 is 0 Å². The van der Waals surface area contributed by atoms with Crippen LogP contribution in [0.5, 0.6) is 5.75 Å². The summed E-state index contributed by atoms with van der Waals surface area (Å²) in [6.07, 6.45) is 0. The quantitative estimate of drug-likeness (QED) is 0.710. The van der Waals surface area contributed by atoms with Gasteiger partial charge in [0.1, 0.15) is 12.4 Å². The summed E-state index contributed by atoms with van der Waals surface area (Å²) in [6.45, 7) is 11.7. The Bertz CT molecular complexity index is 738. The van der Waals surface area contributed by atoms with Gasteiger partial charge in [-0.1, -0.05) is 40.2 Å². The lowest BCUT2D eigenvalue weighted by molar-refractivity contribution is 0.305. The number of hydrogen-bond donors (Lipinski definition) is 2. The molecule has 1 aliphatic rings. The highest BCUT2D eigenvalue weighted by atomic mass is 79.9. The van der Waals surface area contributed by atoms with E-state index in [-0.39, 0.29) is 0 Å². The zero-order valence-corrected chi connectivity index (χ0v) is 15.0. The van der Waals surface area contributed by atoms with Crippen molar-refractivity contribution in [1.29, 1.82) is 0 Å². The molecule has 24 heavy (non-hydrogen) atoms. The molecule has 1 heterocycles. The predicted molar refractivity (Wildman–Crippen MR) is 99.2 cm³/mol. The molecule has 0 aromatic heterocycles. The SMILES string of the molecule is [C-]#[N+]c1ccc(COc2cccc(CNCC3CNC3)c2)c(Br)c1. The minimum Gasteiger partial charge on any atom is -0.489 e. The lowest BCUT2D eigenvalue weighted by Gasteiger charge is -2.27. The number of ether oxygens (including phenoxy) is 1. The molecule has 0 amide bonds. The lowest BCUT2D eigenvalue weighted by Crippen LogP contribution is -2.47. The van der Waals surface area contributed by atoms with Crippen LogP contribution in [0.25, 0.3) is 4.85 Å². The van der Waals surface area contributed by atoms with Crippen LogP contribution in [-0.4, -0.2) is 19.6 Å². The Morgan fingerprint density at radius 3 is 2.83 bits per heavy atom. The highest BCUT2D eigenvalue weighted by molar-refractivity contribution is 9.10. The second-order valence-electron chi connectivity index (χ2n) is 5.98. The first-order chi connectivity index (χ1) is 11.7. The molecule has 1 fully saturated rings. The highest BCUT2D eigenvalue weighted by Gasteiger charge is 2.15. The maximum absolute atomic E-state index is 7.03. The Balaban J connectivity index is 1.53. The van der Waals surface area contributed by atoms with E-state index in [4.69, 9.17) is 11.3 Å². The molecule has 124 valence electrons. The van der Waals surface area contributed by atoms with Crippen molar-refractivity contribution < 1.29 is 4.74 Å². The number of halogens is 1. The van der Waals surface area contributed by atoms with Gasteiger partial charge < -0.3 is 15.4 Å². The standard InChI is InChI=1S/C19H20BrN3O/c1-21-17-6-5-16(19(20)8-17)13-24-18-4-2-3-14(7-18)9-22-10-15-11-23-12-15/h2-8,15,22-23H,9-13H2. The fraction of sp³-hybridized carbons (Fsp3) is 0.316. The van der Waals surface area contributed by atoms with E-state index in [1.165, 1.54) is 5.56 Å². The summed E-state index contributed by atoms with van der Waals surface area (Å²) in [5, 5.41) is 6.78. The van der Waals surface area contributed by atoms with Gasteiger partial charge in [-0.15, -0.1) is 0 Å². The number of hydrogen-bond acceptors (Lipinski definition) is 3. The summed E-state index contributed by atoms with van der Waals surface area (Å²) in [5.41, 5.74) is 2.88. The average Bonchev–Trinajstić information content (AvgIpc) is 2.56. The molecule has 0 bridgehead atoms. The molecule has 3 rings (SSSR count). The van der Waals surface area contributed by atoms with Crippen molar-refractivity contribution in [1.82, 2.24) is 10.6 Å². The van der Waals surface area contributed by atoms with Crippen molar-refractivity contribution >= 4 is 21.6 Å². The maximum atomic E-state index is 7.03. The molecule has 2 aromatic rings. The third-order valence-corrected chi connectivity index (χ3v) is 4.82. The smallest absolute Gasteiger partial charge is 0.188 e. The van der Waals surface area contributed by atoms with Crippen LogP contribution in [-0.2, 0) is 13.2 Å². The summed E-state index contributed by atoms with van der Waals surface area (Å²) in [6, 6.07) is 13.7. The van der Waals surface area contributed by atoms with Crippen LogP contribution in [0.15, 0.2) is 46.9 Å². The van der Waals surface area contributed by atoms with E-state index < -0.39 is 0 Å². The molecule has 0 saturated carbocycles. The first kappa shape index (κ1) is 17.0. The van der Waals surface area contributed by atoms with Crippen LogP contribution >= 0.6 is 15.9 Å². The zero-order valence-electron chi connectivity index (χ0n) is 13.4. The normalized spacial score (nSPS) is 14.0. The van der Waals surface area contributed by atoms with Gasteiger partial charge in [-0.05, 0) is 29.7 Å². The van der Waals surface area contributed by atoms with Crippen molar-refractivity contribution in [2.45, 2.75) is 13.2 Å². The molecule has 0 radical (unpaired) electrons. The van der Waals surface area contributed by atoms with Crippen molar-refractivity contribution in [2.75, 3.05) is 19.6 Å². The van der Waals surface area contributed by atoms with Crippen molar-refractivity contribution in [3.63, 3.8) is 0 Å². The lowest BCUT2D eigenvalue weighted by atomic mass is 10.0. The number of nitrogens with zero attached hydrogens (tertiary/aromatic N) is 1. The summed E-state index contributed by atoms with van der Waals surface area (Å²) in [5.74, 6) is 1.63. The van der Waals surface area contributed by atoms with Crippen LogP contribution in [0.2, 0.25) is 0 Å². The third kappa shape index (κ3) is 4.57. The number of benzene rings is 2. The van der Waals surface area contributed by atoms with E-state index in [0.717, 1.165) is 47.9 Å². The van der Waals surface area contributed by atoms with Gasteiger partial charge in [0.25, 0.3) is 0 Å². The van der Waals surface area contributed by atoms with Crippen molar-refractivity contribution in [2.24, 2.45) is 5.92 Å². The van der Waals surface area contributed by atoms with E-state index in [9.17, 15) is 0 Å². The van der Waals surface area contributed by atoms with Gasteiger partial charge in [0.15, 0.2) is 5.69 Å². The second-order valence-corrected chi connectivity index (χ2v) is 6.83. The van der Waals surface area contributed by atoms with Gasteiger partial charge in [-0.3, -0.25) is 0 Å². The molecule has 2 N–H and O–H groups in total. The molecule has 0 spiro atoms. The molecule has 0 unspecified atom stereocenters. The summed E-state index contributed by atoms with van der Waals surface area (Å²) >= 11 is 3.50.